The molecule has 0 radical (unpaired) electrons. The topological polar surface area (TPSA) is 47.3 Å². The highest BCUT2D eigenvalue weighted by atomic mass is 16.2. The van der Waals surface area contributed by atoms with E-state index in [9.17, 15) is 10.1 Å². The van der Waals surface area contributed by atoms with Crippen molar-refractivity contribution in [2.45, 2.75) is 32.7 Å². The second-order valence-electron chi connectivity index (χ2n) is 6.14. The maximum Gasteiger partial charge on any atom is 0.227 e. The summed E-state index contributed by atoms with van der Waals surface area (Å²) in [4.78, 5) is 16.4. The van der Waals surface area contributed by atoms with Gasteiger partial charge in [-0.1, -0.05) is 24.3 Å². The first kappa shape index (κ1) is 15.5. The van der Waals surface area contributed by atoms with Crippen molar-refractivity contribution < 1.29 is 4.79 Å². The molecule has 1 aromatic carbocycles. The molecule has 0 unspecified atom stereocenters. The van der Waals surface area contributed by atoms with Crippen LogP contribution in [-0.4, -0.2) is 47.4 Å². The average Bonchev–Trinajstić information content (AvgIpc) is 2.49. The fraction of sp³-hybridized carbons (Fsp3) is 0.529. The molecule has 1 saturated heterocycles. The summed E-state index contributed by atoms with van der Waals surface area (Å²) in [5, 5.41) is 9.17. The van der Waals surface area contributed by atoms with E-state index in [4.69, 9.17) is 0 Å². The lowest BCUT2D eigenvalue weighted by molar-refractivity contribution is -0.132. The van der Waals surface area contributed by atoms with Crippen LogP contribution in [0.25, 0.3) is 0 Å². The lowest BCUT2D eigenvalue weighted by Crippen LogP contribution is -2.55. The van der Waals surface area contributed by atoms with E-state index in [1.165, 1.54) is 0 Å². The zero-order valence-electron chi connectivity index (χ0n) is 13.1. The number of hydrogen-bond acceptors (Lipinski definition) is 3. The van der Waals surface area contributed by atoms with Crippen molar-refractivity contribution in [2.24, 2.45) is 0 Å². The number of amides is 1. The molecule has 1 aliphatic rings. The standard InChI is InChI=1S/C17H23N3O/c1-14-6-4-5-7-15(14)12-16(21)19-8-10-20(11-9-19)17(2,3)13-18/h4-7H,8-12H2,1-3H3. The molecule has 112 valence electrons. The molecular formula is C17H23N3O. The van der Waals surface area contributed by atoms with E-state index in [1.54, 1.807) is 0 Å². The summed E-state index contributed by atoms with van der Waals surface area (Å²) in [5.74, 6) is 0.179. The van der Waals surface area contributed by atoms with Gasteiger partial charge >= 0.3 is 0 Å². The Morgan fingerprint density at radius 1 is 1.24 bits per heavy atom. The van der Waals surface area contributed by atoms with Crippen LogP contribution >= 0.6 is 0 Å². The van der Waals surface area contributed by atoms with Gasteiger partial charge in [-0.25, -0.2) is 0 Å². The first-order valence-corrected chi connectivity index (χ1v) is 7.42. The van der Waals surface area contributed by atoms with Gasteiger partial charge < -0.3 is 4.90 Å². The minimum absolute atomic E-state index is 0.179. The summed E-state index contributed by atoms with van der Waals surface area (Å²) < 4.78 is 0. The van der Waals surface area contributed by atoms with Gasteiger partial charge in [-0.2, -0.15) is 5.26 Å². The Bertz CT molecular complexity index is 551. The van der Waals surface area contributed by atoms with Crippen LogP contribution in [0.3, 0.4) is 0 Å². The quantitative estimate of drug-likeness (QED) is 0.853. The van der Waals surface area contributed by atoms with Gasteiger partial charge in [0.2, 0.25) is 5.91 Å². The van der Waals surface area contributed by atoms with Gasteiger partial charge in [0.05, 0.1) is 12.5 Å². The summed E-state index contributed by atoms with van der Waals surface area (Å²) in [6, 6.07) is 10.3. The Labute approximate surface area is 127 Å². The Morgan fingerprint density at radius 2 is 1.86 bits per heavy atom. The van der Waals surface area contributed by atoms with Gasteiger partial charge in [0.1, 0.15) is 5.54 Å². The first-order chi connectivity index (χ1) is 9.94. The summed E-state index contributed by atoms with van der Waals surface area (Å²) in [7, 11) is 0. The second-order valence-corrected chi connectivity index (χ2v) is 6.14. The molecule has 4 heteroatoms. The maximum absolute atomic E-state index is 12.4. The monoisotopic (exact) mass is 285 g/mol. The molecule has 0 bridgehead atoms. The van der Waals surface area contributed by atoms with E-state index in [2.05, 4.69) is 11.0 Å². The van der Waals surface area contributed by atoms with Crippen LogP contribution in [0.15, 0.2) is 24.3 Å². The SMILES string of the molecule is Cc1ccccc1CC(=O)N1CCN(C(C)(C)C#N)CC1. The Balaban J connectivity index is 1.92. The number of carbonyl (C=O) groups excluding carboxylic acids is 1. The maximum atomic E-state index is 12.4. The van der Waals surface area contributed by atoms with Crippen LogP contribution in [0.1, 0.15) is 25.0 Å². The van der Waals surface area contributed by atoms with Crippen molar-refractivity contribution in [3.05, 3.63) is 35.4 Å². The lowest BCUT2D eigenvalue weighted by Gasteiger charge is -2.40. The van der Waals surface area contributed by atoms with Crippen LogP contribution in [0.5, 0.6) is 0 Å². The normalized spacial score (nSPS) is 16.6. The molecule has 1 aromatic rings. The van der Waals surface area contributed by atoms with Crippen molar-refractivity contribution >= 4 is 5.91 Å². The minimum atomic E-state index is -0.453. The predicted octanol–water partition coefficient (Wildman–Crippen LogP) is 1.98. The highest BCUT2D eigenvalue weighted by Crippen LogP contribution is 2.17. The van der Waals surface area contributed by atoms with Crippen molar-refractivity contribution in [2.75, 3.05) is 26.2 Å². The number of benzene rings is 1. The molecule has 1 amide bonds. The Kier molecular flexibility index (Phi) is 4.64. The van der Waals surface area contributed by atoms with Crippen molar-refractivity contribution in [1.82, 2.24) is 9.80 Å². The molecule has 1 fully saturated rings. The molecule has 1 heterocycles. The number of aryl methyl sites for hydroxylation is 1. The molecular weight excluding hydrogens is 262 g/mol. The molecule has 21 heavy (non-hydrogen) atoms. The third-order valence-electron chi connectivity index (χ3n) is 4.30. The zero-order valence-corrected chi connectivity index (χ0v) is 13.1. The van der Waals surface area contributed by atoms with Crippen LogP contribution in [-0.2, 0) is 11.2 Å². The van der Waals surface area contributed by atoms with E-state index in [0.29, 0.717) is 19.5 Å². The summed E-state index contributed by atoms with van der Waals surface area (Å²) in [5.41, 5.74) is 1.81. The number of hydrogen-bond donors (Lipinski definition) is 0. The molecule has 4 nitrogen and oxygen atoms in total. The van der Waals surface area contributed by atoms with Gasteiger partial charge in [0, 0.05) is 26.2 Å². The Hall–Kier alpha value is -1.86. The smallest absolute Gasteiger partial charge is 0.227 e. The molecule has 0 spiro atoms. The largest absolute Gasteiger partial charge is 0.340 e. The number of carbonyl (C=O) groups is 1. The van der Waals surface area contributed by atoms with E-state index < -0.39 is 5.54 Å². The number of nitrogens with zero attached hydrogens (tertiary/aromatic N) is 3. The van der Waals surface area contributed by atoms with E-state index in [-0.39, 0.29) is 5.91 Å². The predicted molar refractivity (Wildman–Crippen MR) is 82.7 cm³/mol. The van der Waals surface area contributed by atoms with Crippen LogP contribution in [0.4, 0.5) is 0 Å². The molecule has 0 atom stereocenters. The highest BCUT2D eigenvalue weighted by Gasteiger charge is 2.31. The summed E-state index contributed by atoms with van der Waals surface area (Å²) in [6.07, 6.45) is 0.467. The molecule has 0 aliphatic carbocycles. The lowest BCUT2D eigenvalue weighted by atomic mass is 10.0. The molecule has 0 N–H and O–H groups in total. The van der Waals surface area contributed by atoms with Gasteiger partial charge in [0.15, 0.2) is 0 Å². The number of rotatable bonds is 3. The molecule has 0 aromatic heterocycles. The van der Waals surface area contributed by atoms with Crippen LogP contribution in [0, 0.1) is 18.3 Å². The van der Waals surface area contributed by atoms with Crippen LogP contribution in [0.2, 0.25) is 0 Å². The third kappa shape index (κ3) is 3.62. The van der Waals surface area contributed by atoms with E-state index in [0.717, 1.165) is 24.2 Å². The third-order valence-corrected chi connectivity index (χ3v) is 4.30. The van der Waals surface area contributed by atoms with Crippen molar-refractivity contribution in [3.8, 4) is 6.07 Å². The number of piperazine rings is 1. The molecule has 0 saturated carbocycles. The summed E-state index contributed by atoms with van der Waals surface area (Å²) >= 11 is 0. The van der Waals surface area contributed by atoms with Crippen LogP contribution < -0.4 is 0 Å². The Morgan fingerprint density at radius 3 is 2.43 bits per heavy atom. The summed E-state index contributed by atoms with van der Waals surface area (Å²) in [6.45, 7) is 8.83. The van der Waals surface area contributed by atoms with E-state index >= 15 is 0 Å². The van der Waals surface area contributed by atoms with Crippen molar-refractivity contribution in [3.63, 3.8) is 0 Å². The van der Waals surface area contributed by atoms with Gasteiger partial charge in [-0.05, 0) is 31.9 Å². The van der Waals surface area contributed by atoms with Crippen molar-refractivity contribution in [1.29, 1.82) is 5.26 Å². The molecule has 1 aliphatic heterocycles. The number of nitriles is 1. The zero-order chi connectivity index (χ0) is 15.5. The average molecular weight is 285 g/mol. The fourth-order valence-corrected chi connectivity index (χ4v) is 2.67. The van der Waals surface area contributed by atoms with Gasteiger partial charge in [0.25, 0.3) is 0 Å². The molecule has 2 rings (SSSR count). The fourth-order valence-electron chi connectivity index (χ4n) is 2.67. The van der Waals surface area contributed by atoms with Gasteiger partial charge in [-0.3, -0.25) is 9.69 Å². The van der Waals surface area contributed by atoms with E-state index in [1.807, 2.05) is 49.9 Å². The highest BCUT2D eigenvalue weighted by molar-refractivity contribution is 5.79. The minimum Gasteiger partial charge on any atom is -0.340 e. The second kappa shape index (κ2) is 6.28. The first-order valence-electron chi connectivity index (χ1n) is 7.42. The van der Waals surface area contributed by atoms with Gasteiger partial charge in [-0.15, -0.1) is 0 Å².